The predicted octanol–water partition coefficient (Wildman–Crippen LogP) is 14.2. The molecule has 0 saturated heterocycles. The van der Waals surface area contributed by atoms with Crippen molar-refractivity contribution in [3.63, 3.8) is 0 Å². The van der Waals surface area contributed by atoms with Crippen LogP contribution in [0.2, 0.25) is 0 Å². The molecule has 2 aromatic carbocycles. The lowest BCUT2D eigenvalue weighted by molar-refractivity contribution is 0.404. The first-order valence-electron chi connectivity index (χ1n) is 21.5. The Morgan fingerprint density at radius 2 is 1.20 bits per heavy atom. The summed E-state index contributed by atoms with van der Waals surface area (Å²) in [6, 6.07) is 7.45. The second kappa shape index (κ2) is 24.9. The number of thiophene rings is 2. The molecule has 61 heavy (non-hydrogen) atoms. The Kier molecular flexibility index (Phi) is 21.2. The Bertz CT molecular complexity index is 2090. The van der Waals surface area contributed by atoms with Crippen molar-refractivity contribution in [2.75, 3.05) is 0 Å². The Morgan fingerprint density at radius 1 is 0.721 bits per heavy atom. The lowest BCUT2D eigenvalue weighted by Crippen LogP contribution is -2.27. The fourth-order valence-electron chi connectivity index (χ4n) is 8.55. The van der Waals surface area contributed by atoms with Gasteiger partial charge in [-0.1, -0.05) is 101 Å². The first kappa shape index (κ1) is 51.8. The average molecular weight is 934 g/mol. The minimum absolute atomic E-state index is 0. The fraction of sp³-hybridized carbons (Fsp3) is 0.451. The number of aromatic hydroxyl groups is 4. The number of rotatable bonds is 14. The quantitative estimate of drug-likeness (QED) is 0.0426. The Morgan fingerprint density at radius 3 is 1.62 bits per heavy atom. The van der Waals surface area contributed by atoms with Crippen molar-refractivity contribution in [3.8, 4) is 34.1 Å². The van der Waals surface area contributed by atoms with Gasteiger partial charge in [0.25, 0.3) is 0 Å². The van der Waals surface area contributed by atoms with E-state index in [-0.39, 0.29) is 54.1 Å². The second-order valence-electron chi connectivity index (χ2n) is 16.7. The molecule has 6 nitrogen and oxygen atoms in total. The molecule has 0 fully saturated rings. The van der Waals surface area contributed by atoms with Crippen LogP contribution in [0.25, 0.3) is 11.1 Å². The van der Waals surface area contributed by atoms with Gasteiger partial charge in [-0.2, -0.15) is 22.7 Å². The minimum atomic E-state index is -1.30. The molecule has 2 heterocycles. The molecular formula is C51H70BBrO6S2. The van der Waals surface area contributed by atoms with Crippen LogP contribution in [0.15, 0.2) is 97.9 Å². The Labute approximate surface area is 383 Å². The zero-order valence-electron chi connectivity index (χ0n) is 36.4. The molecule has 332 valence electrons. The number of halogens is 1. The van der Waals surface area contributed by atoms with Crippen molar-refractivity contribution in [3.05, 3.63) is 120 Å². The molecule has 0 unspecified atom stereocenters. The van der Waals surface area contributed by atoms with Crippen LogP contribution in [-0.4, -0.2) is 37.6 Å². The molecule has 2 aliphatic carbocycles. The highest BCUT2D eigenvalue weighted by molar-refractivity contribution is 9.10. The van der Waals surface area contributed by atoms with Crippen molar-refractivity contribution >= 4 is 51.2 Å². The van der Waals surface area contributed by atoms with E-state index in [1.54, 1.807) is 28.2 Å². The normalized spacial score (nSPS) is 18.3. The Hall–Kier alpha value is -3.54. The van der Waals surface area contributed by atoms with Crippen LogP contribution < -0.4 is 5.46 Å². The third kappa shape index (κ3) is 13.7. The number of aryl methyl sites for hydroxylation is 2. The molecule has 0 bridgehead atoms. The topological polar surface area (TPSA) is 121 Å². The Balaban J connectivity index is 0.000000273. The summed E-state index contributed by atoms with van der Waals surface area (Å²) in [6.45, 7) is 21.0. The molecule has 4 aromatic rings. The first-order valence-corrected chi connectivity index (χ1v) is 24.2. The summed E-state index contributed by atoms with van der Waals surface area (Å²) in [5.41, 5.74) is 10.6. The first-order chi connectivity index (χ1) is 28.6. The van der Waals surface area contributed by atoms with Gasteiger partial charge in [-0.3, -0.25) is 0 Å². The minimum Gasteiger partial charge on any atom is -0.507 e. The second-order valence-corrected chi connectivity index (χ2v) is 19.1. The van der Waals surface area contributed by atoms with E-state index in [1.807, 2.05) is 24.4 Å². The largest absolute Gasteiger partial charge is 0.507 e. The maximum atomic E-state index is 11.4. The van der Waals surface area contributed by atoms with Crippen LogP contribution in [0.4, 0.5) is 0 Å². The smallest absolute Gasteiger partial charge is 0.489 e. The van der Waals surface area contributed by atoms with Gasteiger partial charge >= 0.3 is 7.12 Å². The van der Waals surface area contributed by atoms with Crippen LogP contribution >= 0.6 is 38.6 Å². The maximum Gasteiger partial charge on any atom is 0.489 e. The van der Waals surface area contributed by atoms with Gasteiger partial charge in [-0.15, -0.1) is 0 Å². The van der Waals surface area contributed by atoms with Gasteiger partial charge < -0.3 is 30.5 Å². The van der Waals surface area contributed by atoms with Gasteiger partial charge in [-0.25, -0.2) is 0 Å². The van der Waals surface area contributed by atoms with Gasteiger partial charge in [0, 0.05) is 28.5 Å². The number of unbranched alkanes of at least 4 members (excludes halogenated alkanes) is 4. The molecule has 6 rings (SSSR count). The van der Waals surface area contributed by atoms with Crippen LogP contribution in [0.1, 0.15) is 147 Å². The monoisotopic (exact) mass is 932 g/mol. The van der Waals surface area contributed by atoms with Gasteiger partial charge in [0.2, 0.25) is 0 Å². The summed E-state index contributed by atoms with van der Waals surface area (Å²) in [6.07, 6.45) is 16.9. The van der Waals surface area contributed by atoms with Crippen LogP contribution in [0.5, 0.6) is 23.0 Å². The van der Waals surface area contributed by atoms with E-state index in [0.29, 0.717) is 16.6 Å². The number of hydrogen-bond acceptors (Lipinski definition) is 8. The summed E-state index contributed by atoms with van der Waals surface area (Å²) in [7, 11) is -1.30. The lowest BCUT2D eigenvalue weighted by Gasteiger charge is -2.32. The molecule has 0 amide bonds. The highest BCUT2D eigenvalue weighted by Gasteiger charge is 2.33. The van der Waals surface area contributed by atoms with Crippen molar-refractivity contribution in [2.24, 2.45) is 11.8 Å². The molecule has 10 heteroatoms. The number of phenols is 4. The molecule has 2 aromatic heterocycles. The standard InChI is InChI=1S/C25H32O2S.C21H29BrO2.C4H5BO2S.CH4/c1-5-6-7-8-18-14-22(26)24(25(27)23(18)19-11-12-28-15-19)21-13-17(4)9-10-20(21)16(2)3;1-5-6-7-8-15-12-18(23)19(21(24)20(15)22)17-11-14(4)9-10-16(17)13(2)3;6-5(7)4-1-2-8-3-4;/h11-15,20-21,26-27H,2,5-10H2,1,3-4H3;11-12,16-17,23-24H,2,5-10H2,1,3-4H3;1-3,6-7H;1H4/t20-,21+;16-,17+;;/m00../s1. The number of allylic oxidation sites excluding steroid dienone is 6. The van der Waals surface area contributed by atoms with Crippen molar-refractivity contribution in [1.82, 2.24) is 0 Å². The SMILES string of the molecule is C.C=C(C)[C@@H]1CCC(C)=C[C@H]1c1c(O)cc(CCCCC)c(-c2ccsc2)c1O.C=C(C)[C@@H]1CCC(C)=C[C@H]1c1c(O)cc(CCCCC)c(Br)c1O.OB(O)c1ccsc1. The number of benzene rings is 2. The highest BCUT2D eigenvalue weighted by Crippen LogP contribution is 2.51. The summed E-state index contributed by atoms with van der Waals surface area (Å²) < 4.78 is 0.725. The van der Waals surface area contributed by atoms with E-state index in [9.17, 15) is 20.4 Å². The van der Waals surface area contributed by atoms with Crippen LogP contribution in [0, 0.1) is 11.8 Å². The summed E-state index contributed by atoms with van der Waals surface area (Å²) in [5, 5.41) is 68.4. The molecule has 0 saturated carbocycles. The third-order valence-electron chi connectivity index (χ3n) is 11.9. The zero-order valence-corrected chi connectivity index (χ0v) is 39.7. The van der Waals surface area contributed by atoms with Crippen molar-refractivity contribution in [2.45, 2.75) is 138 Å². The number of hydrogen-bond donors (Lipinski definition) is 6. The van der Waals surface area contributed by atoms with Gasteiger partial charge in [-0.05, 0) is 169 Å². The zero-order chi connectivity index (χ0) is 44.1. The summed E-state index contributed by atoms with van der Waals surface area (Å²) >= 11 is 6.63. The van der Waals surface area contributed by atoms with Crippen molar-refractivity contribution in [1.29, 1.82) is 0 Å². The molecule has 2 aliphatic rings. The average Bonchev–Trinajstić information content (AvgIpc) is 3.94. The highest BCUT2D eigenvalue weighted by atomic mass is 79.9. The van der Waals surface area contributed by atoms with Gasteiger partial charge in [0.1, 0.15) is 23.0 Å². The number of phenolic OH excluding ortho intramolecular Hbond substituents is 4. The fourth-order valence-corrected chi connectivity index (χ4v) is 10.4. The molecule has 4 atom stereocenters. The molecular weight excluding hydrogens is 863 g/mol. The van der Waals surface area contributed by atoms with E-state index in [2.05, 4.69) is 87.3 Å². The van der Waals surface area contributed by atoms with E-state index < -0.39 is 7.12 Å². The summed E-state index contributed by atoms with van der Waals surface area (Å²) in [4.78, 5) is 0. The molecule has 6 N–H and O–H groups in total. The summed E-state index contributed by atoms with van der Waals surface area (Å²) in [5.74, 6) is 1.28. The third-order valence-corrected chi connectivity index (χ3v) is 14.2. The van der Waals surface area contributed by atoms with E-state index in [4.69, 9.17) is 10.0 Å². The van der Waals surface area contributed by atoms with Gasteiger partial charge in [0.15, 0.2) is 0 Å². The lowest BCUT2D eigenvalue weighted by atomic mass is 9.73. The van der Waals surface area contributed by atoms with Crippen molar-refractivity contribution < 1.29 is 30.5 Å². The molecule has 0 radical (unpaired) electrons. The molecule has 0 aliphatic heterocycles. The van der Waals surface area contributed by atoms with E-state index in [1.165, 1.54) is 22.5 Å². The maximum absolute atomic E-state index is 11.4. The molecule has 0 spiro atoms. The predicted molar refractivity (Wildman–Crippen MR) is 266 cm³/mol. The van der Waals surface area contributed by atoms with Gasteiger partial charge in [0.05, 0.1) is 4.47 Å². The van der Waals surface area contributed by atoms with Crippen LogP contribution in [0.3, 0.4) is 0 Å². The van der Waals surface area contributed by atoms with E-state index >= 15 is 0 Å². The van der Waals surface area contributed by atoms with E-state index in [0.717, 1.165) is 115 Å². The van der Waals surface area contributed by atoms with Crippen LogP contribution in [-0.2, 0) is 12.8 Å².